The molecule has 0 aliphatic heterocycles. The van der Waals surface area contributed by atoms with Crippen LogP contribution in [0.5, 0.6) is 0 Å². The first kappa shape index (κ1) is 27.0. The Morgan fingerprint density at radius 1 is 0.227 bits per heavy atom. The van der Waals surface area contributed by atoms with Gasteiger partial charge in [0, 0.05) is 22.3 Å². The van der Waals surface area contributed by atoms with E-state index in [1.54, 1.807) is 0 Å². The first-order chi connectivity index (χ1) is 21.9. The van der Waals surface area contributed by atoms with Crippen LogP contribution in [0, 0.1) is 11.8 Å². The summed E-state index contributed by atoms with van der Waals surface area (Å²) in [5, 5.41) is 0. The second-order valence-electron chi connectivity index (χ2n) is 10.7. The summed E-state index contributed by atoms with van der Waals surface area (Å²) in [5.74, 6) is 7.29. The van der Waals surface area contributed by atoms with Crippen molar-refractivity contribution >= 4 is 0 Å². The van der Waals surface area contributed by atoms with Crippen LogP contribution in [-0.2, 0) is 0 Å². The highest BCUT2D eigenvalue weighted by Gasteiger charge is 2.27. The van der Waals surface area contributed by atoms with Gasteiger partial charge in [-0.3, -0.25) is 0 Å². The minimum Gasteiger partial charge on any atom is -0.0622 e. The highest BCUT2D eigenvalue weighted by atomic mass is 14.3. The highest BCUT2D eigenvalue weighted by Crippen LogP contribution is 2.52. The number of rotatable bonds is 5. The molecule has 0 bridgehead atoms. The molecule has 0 heteroatoms. The molecule has 44 heavy (non-hydrogen) atoms. The van der Waals surface area contributed by atoms with E-state index < -0.39 is 0 Å². The van der Waals surface area contributed by atoms with Crippen molar-refractivity contribution in [1.29, 1.82) is 0 Å². The number of hydrogen-bond acceptors (Lipinski definition) is 0. The van der Waals surface area contributed by atoms with Gasteiger partial charge in [0.2, 0.25) is 0 Å². The van der Waals surface area contributed by atoms with Crippen LogP contribution in [0.3, 0.4) is 0 Å². The van der Waals surface area contributed by atoms with Crippen LogP contribution in [0.1, 0.15) is 11.1 Å². The van der Waals surface area contributed by atoms with Crippen molar-refractivity contribution in [3.63, 3.8) is 0 Å². The smallest absolute Gasteiger partial charge is 0.0418 e. The first-order valence-electron chi connectivity index (χ1n) is 15.0. The summed E-state index contributed by atoms with van der Waals surface area (Å²) in [5.41, 5.74) is 13.6. The van der Waals surface area contributed by atoms with Crippen LogP contribution in [0.15, 0.2) is 182 Å². The molecule has 206 valence electrons. The summed E-state index contributed by atoms with van der Waals surface area (Å²) in [4.78, 5) is 0. The molecule has 0 amide bonds. The molecule has 0 saturated carbocycles. The summed E-state index contributed by atoms with van der Waals surface area (Å²) in [7, 11) is 0. The predicted molar refractivity (Wildman–Crippen MR) is 186 cm³/mol. The van der Waals surface area contributed by atoms with E-state index in [0.717, 1.165) is 44.5 Å². The molecule has 0 heterocycles. The predicted octanol–water partition coefficient (Wildman–Crippen LogP) is 11.4. The van der Waals surface area contributed by atoms with Gasteiger partial charge in [-0.25, -0.2) is 0 Å². The molecule has 0 atom stereocenters. The van der Waals surface area contributed by atoms with E-state index in [1.165, 1.54) is 22.3 Å². The van der Waals surface area contributed by atoms with Crippen LogP contribution < -0.4 is 0 Å². The van der Waals surface area contributed by atoms with E-state index in [9.17, 15) is 0 Å². The van der Waals surface area contributed by atoms with Gasteiger partial charge >= 0.3 is 0 Å². The third-order valence-corrected chi connectivity index (χ3v) is 7.92. The van der Waals surface area contributed by atoms with Crippen molar-refractivity contribution in [2.24, 2.45) is 0 Å². The van der Waals surface area contributed by atoms with Gasteiger partial charge in [0.15, 0.2) is 0 Å². The Balaban J connectivity index is 1.77. The molecule has 7 aromatic carbocycles. The largest absolute Gasteiger partial charge is 0.0622 e. The van der Waals surface area contributed by atoms with Gasteiger partial charge in [0.05, 0.1) is 0 Å². The third kappa shape index (κ3) is 5.36. The first-order valence-corrected chi connectivity index (χ1v) is 15.0. The van der Waals surface area contributed by atoms with Crippen molar-refractivity contribution < 1.29 is 0 Å². The van der Waals surface area contributed by atoms with Crippen molar-refractivity contribution in [3.8, 4) is 67.5 Å². The molecule has 0 spiro atoms. The average molecular weight is 559 g/mol. The molecule has 0 aromatic heterocycles. The van der Waals surface area contributed by atoms with Gasteiger partial charge < -0.3 is 0 Å². The summed E-state index contributed by atoms with van der Waals surface area (Å²) in [6.45, 7) is 0. The van der Waals surface area contributed by atoms with Gasteiger partial charge in [-0.05, 0) is 56.6 Å². The van der Waals surface area contributed by atoms with Gasteiger partial charge in [0.1, 0.15) is 0 Å². The molecule has 0 aliphatic carbocycles. The van der Waals surface area contributed by atoms with E-state index in [4.69, 9.17) is 0 Å². The fourth-order valence-electron chi connectivity index (χ4n) is 6.00. The van der Waals surface area contributed by atoms with Crippen LogP contribution >= 0.6 is 0 Å². The van der Waals surface area contributed by atoms with E-state index in [0.29, 0.717) is 0 Å². The lowest BCUT2D eigenvalue weighted by Crippen LogP contribution is -2.02. The van der Waals surface area contributed by atoms with Crippen LogP contribution in [0.4, 0.5) is 0 Å². The van der Waals surface area contributed by atoms with Crippen LogP contribution in [0.25, 0.3) is 55.6 Å². The Morgan fingerprint density at radius 3 is 0.795 bits per heavy atom. The SMILES string of the molecule is C(#Cc1c(-c2ccccc2)c(-c2ccccc2)c(-c2ccccc2)c(-c2ccccc2)c1-c1ccccc1)c1ccccc1. The zero-order valence-electron chi connectivity index (χ0n) is 24.3. The molecule has 0 nitrogen and oxygen atoms in total. The fourth-order valence-corrected chi connectivity index (χ4v) is 6.00. The zero-order valence-corrected chi connectivity index (χ0v) is 24.3. The van der Waals surface area contributed by atoms with Crippen molar-refractivity contribution in [2.75, 3.05) is 0 Å². The summed E-state index contributed by atoms with van der Waals surface area (Å²) < 4.78 is 0. The second-order valence-corrected chi connectivity index (χ2v) is 10.7. The molecule has 0 fully saturated rings. The summed E-state index contributed by atoms with van der Waals surface area (Å²) in [6, 6.07) is 64.1. The van der Waals surface area contributed by atoms with Gasteiger partial charge in [-0.1, -0.05) is 182 Å². The molecule has 7 aromatic rings. The zero-order chi connectivity index (χ0) is 29.6. The monoisotopic (exact) mass is 558 g/mol. The van der Waals surface area contributed by atoms with E-state index in [2.05, 4.69) is 176 Å². The van der Waals surface area contributed by atoms with Gasteiger partial charge in [0.25, 0.3) is 0 Å². The van der Waals surface area contributed by atoms with E-state index >= 15 is 0 Å². The minimum atomic E-state index is 0.986. The van der Waals surface area contributed by atoms with Crippen LogP contribution in [0.2, 0.25) is 0 Å². The van der Waals surface area contributed by atoms with E-state index in [1.807, 2.05) is 18.2 Å². The normalized spacial score (nSPS) is 10.5. The molecule has 0 saturated heterocycles. The Labute approximate surface area is 260 Å². The Hall–Kier alpha value is -5.90. The van der Waals surface area contributed by atoms with Crippen LogP contribution in [-0.4, -0.2) is 0 Å². The highest BCUT2D eigenvalue weighted by molar-refractivity contribution is 6.10. The van der Waals surface area contributed by atoms with Crippen molar-refractivity contribution in [2.45, 2.75) is 0 Å². The summed E-state index contributed by atoms with van der Waals surface area (Å²) in [6.07, 6.45) is 0. The molecule has 0 aliphatic rings. The third-order valence-electron chi connectivity index (χ3n) is 7.92. The van der Waals surface area contributed by atoms with Gasteiger partial charge in [-0.2, -0.15) is 0 Å². The quantitative estimate of drug-likeness (QED) is 0.184. The van der Waals surface area contributed by atoms with Gasteiger partial charge in [-0.15, -0.1) is 0 Å². The molecular weight excluding hydrogens is 528 g/mol. The molecule has 0 unspecified atom stereocenters. The lowest BCUT2D eigenvalue weighted by molar-refractivity contribution is 1.50. The standard InChI is InChI=1S/C44H30/c1-7-19-33(20-8-1)31-32-39-40(34-21-9-2-10-22-34)42(36-25-13-4-14-26-36)44(38-29-17-6-18-30-38)43(37-27-15-5-16-28-37)41(39)35-23-11-3-12-24-35/h1-30H. The molecular formula is C44H30. The lowest BCUT2D eigenvalue weighted by Gasteiger charge is -2.26. The average Bonchev–Trinajstić information content (AvgIpc) is 3.12. The lowest BCUT2D eigenvalue weighted by atomic mass is 9.75. The van der Waals surface area contributed by atoms with Crippen molar-refractivity contribution in [3.05, 3.63) is 193 Å². The van der Waals surface area contributed by atoms with Crippen molar-refractivity contribution in [1.82, 2.24) is 0 Å². The fraction of sp³-hybridized carbons (Fsp3) is 0. The number of benzene rings is 7. The molecule has 0 N–H and O–H groups in total. The molecule has 0 radical (unpaired) electrons. The maximum absolute atomic E-state index is 3.74. The maximum atomic E-state index is 3.74. The second kappa shape index (κ2) is 12.5. The Bertz CT molecular complexity index is 1950. The Kier molecular flexibility index (Phi) is 7.68. The topological polar surface area (TPSA) is 0 Å². The minimum absolute atomic E-state index is 0.986. The Morgan fingerprint density at radius 2 is 0.477 bits per heavy atom. The number of hydrogen-bond donors (Lipinski definition) is 0. The molecule has 7 rings (SSSR count). The summed E-state index contributed by atoms with van der Waals surface area (Å²) >= 11 is 0. The maximum Gasteiger partial charge on any atom is 0.0418 e. The van der Waals surface area contributed by atoms with E-state index in [-0.39, 0.29) is 0 Å².